The number of hydrogen-bond acceptors (Lipinski definition) is 4. The summed E-state index contributed by atoms with van der Waals surface area (Å²) in [6.07, 6.45) is 0. The van der Waals surface area contributed by atoms with Crippen molar-refractivity contribution in [2.75, 3.05) is 0 Å². The van der Waals surface area contributed by atoms with Crippen LogP contribution >= 0.6 is 20.4 Å². The summed E-state index contributed by atoms with van der Waals surface area (Å²) in [5.74, 6) is -4.37. The molecule has 0 heterocycles. The Kier molecular flexibility index (Phi) is 20.6. The molecule has 0 aromatic heterocycles. The first-order valence-corrected chi connectivity index (χ1v) is 4.02. The van der Waals surface area contributed by atoms with E-state index in [1.165, 1.54) is 0 Å². The first-order chi connectivity index (χ1) is 4.06. The molecule has 0 aromatic carbocycles. The summed E-state index contributed by atoms with van der Waals surface area (Å²) in [5.41, 5.74) is 0. The van der Waals surface area contributed by atoms with Gasteiger partial charge in [-0.3, -0.25) is 0 Å². The molecule has 0 N–H and O–H groups in total. The van der Waals surface area contributed by atoms with Gasteiger partial charge in [-0.25, -0.2) is 0 Å². The average Bonchev–Trinajstić information content (AvgIpc) is 1.68. The zero-order chi connectivity index (χ0) is 7.86. The SMILES string of the molecule is O=C([O-])C(=O)[O-].[Cl][Ni][Cl].[Ni+2]. The van der Waals surface area contributed by atoms with E-state index in [0.717, 1.165) is 0 Å². The summed E-state index contributed by atoms with van der Waals surface area (Å²) < 4.78 is 0. The molecule has 0 aliphatic carbocycles. The molecule has 0 rings (SSSR count). The van der Waals surface area contributed by atoms with Gasteiger partial charge in [0, 0.05) is 0 Å². The molecule has 0 spiro atoms. The van der Waals surface area contributed by atoms with Crippen molar-refractivity contribution in [1.82, 2.24) is 0 Å². The molecule has 10 heavy (non-hydrogen) atoms. The Bertz CT molecular complexity index is 95.4. The largest absolute Gasteiger partial charge is 2.00 e. The fourth-order valence-electron chi connectivity index (χ4n) is 0. The summed E-state index contributed by atoms with van der Waals surface area (Å²) in [6, 6.07) is 0. The van der Waals surface area contributed by atoms with Gasteiger partial charge in [0.05, 0.1) is 11.9 Å². The Morgan fingerprint density at radius 3 is 1.20 bits per heavy atom. The van der Waals surface area contributed by atoms with Gasteiger partial charge in [-0.2, -0.15) is 0 Å². The maximum Gasteiger partial charge on any atom is 2.00 e. The van der Waals surface area contributed by atoms with Crippen LogP contribution in [0.3, 0.4) is 0 Å². The monoisotopic (exact) mass is 274 g/mol. The average molecular weight is 276 g/mol. The van der Waals surface area contributed by atoms with Crippen molar-refractivity contribution < 1.29 is 48.9 Å². The molecular weight excluding hydrogens is 276 g/mol. The van der Waals surface area contributed by atoms with Crippen LogP contribution in [0, 0.1) is 0 Å². The van der Waals surface area contributed by atoms with Crippen molar-refractivity contribution in [2.24, 2.45) is 0 Å². The Morgan fingerprint density at radius 2 is 1.20 bits per heavy atom. The second-order valence-electron chi connectivity index (χ2n) is 0.620. The van der Waals surface area contributed by atoms with Crippen LogP contribution in [0.5, 0.6) is 0 Å². The van der Waals surface area contributed by atoms with Gasteiger partial charge in [-0.1, -0.05) is 0 Å². The van der Waals surface area contributed by atoms with Crippen molar-refractivity contribution in [1.29, 1.82) is 0 Å². The van der Waals surface area contributed by atoms with Gasteiger partial charge in [-0.15, -0.1) is 0 Å². The first-order valence-electron chi connectivity index (χ1n) is 1.31. The number of hydrogen-bond donors (Lipinski definition) is 0. The molecule has 0 saturated heterocycles. The van der Waals surface area contributed by atoms with Crippen molar-refractivity contribution in [3.8, 4) is 0 Å². The van der Waals surface area contributed by atoms with E-state index in [1.807, 2.05) is 0 Å². The molecule has 4 nitrogen and oxygen atoms in total. The molecule has 0 aromatic rings. The molecule has 0 aliphatic heterocycles. The van der Waals surface area contributed by atoms with Crippen LogP contribution in [0.1, 0.15) is 0 Å². The third kappa shape index (κ3) is 23.6. The third-order valence-electron chi connectivity index (χ3n) is 0.167. The Labute approximate surface area is 81.2 Å². The number of carboxylic acid groups (broad SMARTS) is 2. The minimum Gasteiger partial charge on any atom is 2.00 e. The van der Waals surface area contributed by atoms with Crippen LogP contribution in [0.15, 0.2) is 0 Å². The van der Waals surface area contributed by atoms with E-state index in [1.54, 1.807) is 0 Å². The van der Waals surface area contributed by atoms with Gasteiger partial charge < -0.3 is 19.8 Å². The quantitative estimate of drug-likeness (QED) is 0.373. The van der Waals surface area contributed by atoms with Gasteiger partial charge in [0.1, 0.15) is 0 Å². The number of rotatable bonds is 0. The van der Waals surface area contributed by atoms with E-state index in [0.29, 0.717) is 12.7 Å². The second-order valence-corrected chi connectivity index (χ2v) is 2.25. The van der Waals surface area contributed by atoms with Crippen LogP contribution in [-0.4, -0.2) is 11.9 Å². The maximum absolute atomic E-state index is 8.93. The normalized spacial score (nSPS) is 6.60. The standard InChI is InChI=1S/C2H2O4.2ClH.2Ni/c3-1(4)2(5)6;;;;/h(H,3,4)(H,5,6);2*1H;;/q;;;2*+2/p-4. The fraction of sp³-hybridized carbons (Fsp3) is 0. The molecule has 0 amide bonds. The predicted octanol–water partition coefficient (Wildman–Crippen LogP) is -2.14. The molecule has 0 radical (unpaired) electrons. The van der Waals surface area contributed by atoms with Crippen molar-refractivity contribution >= 4 is 32.3 Å². The van der Waals surface area contributed by atoms with Crippen LogP contribution in [0.25, 0.3) is 0 Å². The van der Waals surface area contributed by atoms with Crippen LogP contribution in [0.2, 0.25) is 0 Å². The van der Waals surface area contributed by atoms with E-state index in [9.17, 15) is 0 Å². The second kappa shape index (κ2) is 12.2. The topological polar surface area (TPSA) is 80.3 Å². The van der Waals surface area contributed by atoms with E-state index in [4.69, 9.17) is 40.2 Å². The van der Waals surface area contributed by atoms with Crippen molar-refractivity contribution in [3.63, 3.8) is 0 Å². The van der Waals surface area contributed by atoms with Crippen LogP contribution < -0.4 is 10.2 Å². The third-order valence-corrected chi connectivity index (χ3v) is 0.167. The molecule has 0 bridgehead atoms. The van der Waals surface area contributed by atoms with E-state index in [-0.39, 0.29) is 16.5 Å². The summed E-state index contributed by atoms with van der Waals surface area (Å²) >= 11 is 0.569. The molecule has 0 aliphatic rings. The van der Waals surface area contributed by atoms with Crippen LogP contribution in [-0.2, 0) is 38.7 Å². The predicted molar refractivity (Wildman–Crippen MR) is 21.7 cm³/mol. The minimum absolute atomic E-state index is 0. The smallest absolute Gasteiger partial charge is 2.00 e. The molecule has 0 saturated carbocycles. The Balaban J connectivity index is -0.000000107. The number of carbonyl (C=O) groups is 2. The Hall–Kier alpha value is 0.507. The molecule has 0 unspecified atom stereocenters. The Morgan fingerprint density at radius 1 is 1.10 bits per heavy atom. The van der Waals surface area contributed by atoms with Gasteiger partial charge >= 0.3 is 49.5 Å². The van der Waals surface area contributed by atoms with Gasteiger partial charge in [0.25, 0.3) is 0 Å². The van der Waals surface area contributed by atoms with Crippen LogP contribution in [0.4, 0.5) is 0 Å². The summed E-state index contributed by atoms with van der Waals surface area (Å²) in [4.78, 5) is 17.9. The number of carbonyl (C=O) groups excluding carboxylic acids is 2. The first kappa shape index (κ1) is 16.9. The number of halogens is 2. The molecule has 0 atom stereocenters. The van der Waals surface area contributed by atoms with Gasteiger partial charge in [-0.05, 0) is 0 Å². The number of carboxylic acids is 2. The fourth-order valence-corrected chi connectivity index (χ4v) is 0. The maximum atomic E-state index is 8.93. The zero-order valence-electron chi connectivity index (χ0n) is 4.02. The zero-order valence-corrected chi connectivity index (χ0v) is 7.51. The number of aliphatic carboxylic acids is 2. The molecule has 0 fully saturated rings. The van der Waals surface area contributed by atoms with Gasteiger partial charge in [0.15, 0.2) is 0 Å². The van der Waals surface area contributed by atoms with Gasteiger partial charge in [0.2, 0.25) is 0 Å². The molecule has 66 valence electrons. The van der Waals surface area contributed by atoms with E-state index in [2.05, 4.69) is 0 Å². The van der Waals surface area contributed by atoms with Crippen molar-refractivity contribution in [3.05, 3.63) is 0 Å². The van der Waals surface area contributed by atoms with E-state index >= 15 is 0 Å². The van der Waals surface area contributed by atoms with Crippen molar-refractivity contribution in [2.45, 2.75) is 0 Å². The van der Waals surface area contributed by atoms with E-state index < -0.39 is 11.9 Å². The summed E-state index contributed by atoms with van der Waals surface area (Å²) in [6.45, 7) is 0. The molecule has 8 heteroatoms. The summed E-state index contributed by atoms with van der Waals surface area (Å²) in [5, 5.41) is 17.9. The molecular formula is C2Cl2Ni2O4. The minimum atomic E-state index is -2.19. The summed E-state index contributed by atoms with van der Waals surface area (Å²) in [7, 11) is 9.40.